The van der Waals surface area contributed by atoms with Gasteiger partial charge in [-0.15, -0.1) is 0 Å². The lowest BCUT2D eigenvalue weighted by Crippen LogP contribution is -2.36. The maximum absolute atomic E-state index is 13.1. The zero-order valence-electron chi connectivity index (χ0n) is 13.5. The molecular weight excluding hydrogens is 291 g/mol. The highest BCUT2D eigenvalue weighted by atomic mass is 19.1. The van der Waals surface area contributed by atoms with Crippen LogP contribution in [0.3, 0.4) is 0 Å². The van der Waals surface area contributed by atoms with Gasteiger partial charge in [-0.05, 0) is 56.0 Å². The molecule has 1 saturated heterocycles. The molecule has 1 aromatic heterocycles. The van der Waals surface area contributed by atoms with Crippen LogP contribution in [0.5, 0.6) is 0 Å². The van der Waals surface area contributed by atoms with Gasteiger partial charge in [0.15, 0.2) is 5.82 Å². The molecule has 122 valence electrons. The summed E-state index contributed by atoms with van der Waals surface area (Å²) < 4.78 is 13.1. The summed E-state index contributed by atoms with van der Waals surface area (Å²) in [6, 6.07) is 8.42. The molecule has 0 saturated carbocycles. The van der Waals surface area contributed by atoms with Crippen LogP contribution in [0.15, 0.2) is 30.3 Å². The minimum Gasteiger partial charge on any atom is -0.356 e. The molecule has 2 heterocycles. The first kappa shape index (κ1) is 15.9. The van der Waals surface area contributed by atoms with Crippen LogP contribution in [0.1, 0.15) is 25.5 Å². The number of piperidine rings is 1. The Morgan fingerprint density at radius 3 is 2.48 bits per heavy atom. The molecule has 0 atom stereocenters. The summed E-state index contributed by atoms with van der Waals surface area (Å²) in [4.78, 5) is 11.6. The Morgan fingerprint density at radius 1 is 1.17 bits per heavy atom. The Kier molecular flexibility index (Phi) is 4.86. The van der Waals surface area contributed by atoms with E-state index in [4.69, 9.17) is 10.7 Å². The van der Waals surface area contributed by atoms with E-state index in [9.17, 15) is 4.39 Å². The molecule has 23 heavy (non-hydrogen) atoms. The molecule has 0 bridgehead atoms. The van der Waals surface area contributed by atoms with Crippen molar-refractivity contribution in [2.24, 2.45) is 11.7 Å². The number of anilines is 1. The highest BCUT2D eigenvalue weighted by Gasteiger charge is 2.20. The van der Waals surface area contributed by atoms with Crippen LogP contribution in [0.2, 0.25) is 0 Å². The van der Waals surface area contributed by atoms with Crippen molar-refractivity contribution in [2.75, 3.05) is 24.5 Å². The van der Waals surface area contributed by atoms with Crippen LogP contribution in [-0.2, 0) is 6.42 Å². The molecule has 3 rings (SSSR count). The summed E-state index contributed by atoms with van der Waals surface area (Å²) in [6.45, 7) is 4.80. The fourth-order valence-corrected chi connectivity index (χ4v) is 2.95. The number of aromatic nitrogens is 2. The molecule has 2 aromatic rings. The number of aryl methyl sites for hydroxylation is 1. The minimum absolute atomic E-state index is 0.246. The lowest BCUT2D eigenvalue weighted by Gasteiger charge is -2.32. The predicted octanol–water partition coefficient (Wildman–Crippen LogP) is 3.02. The van der Waals surface area contributed by atoms with Crippen LogP contribution in [-0.4, -0.2) is 29.6 Å². The van der Waals surface area contributed by atoms with Crippen molar-refractivity contribution >= 4 is 5.82 Å². The zero-order chi connectivity index (χ0) is 16.2. The minimum atomic E-state index is -0.246. The second-order valence-electron chi connectivity index (χ2n) is 6.07. The second-order valence-corrected chi connectivity index (χ2v) is 6.07. The topological polar surface area (TPSA) is 55.0 Å². The first-order chi connectivity index (χ1) is 11.2. The Morgan fingerprint density at radius 2 is 1.87 bits per heavy atom. The molecule has 0 spiro atoms. The smallest absolute Gasteiger partial charge is 0.161 e. The molecule has 0 aliphatic carbocycles. The Labute approximate surface area is 136 Å². The maximum Gasteiger partial charge on any atom is 0.161 e. The number of nitrogens with zero attached hydrogens (tertiary/aromatic N) is 3. The van der Waals surface area contributed by atoms with Gasteiger partial charge in [-0.25, -0.2) is 14.4 Å². The SMILES string of the molecule is CCc1cc(N2CCC(CN)CC2)nc(-c2ccc(F)cc2)n1. The van der Waals surface area contributed by atoms with E-state index in [1.807, 2.05) is 0 Å². The van der Waals surface area contributed by atoms with Crippen LogP contribution in [0, 0.1) is 11.7 Å². The molecule has 1 aliphatic heterocycles. The van der Waals surface area contributed by atoms with Gasteiger partial charge in [0.2, 0.25) is 0 Å². The fourth-order valence-electron chi connectivity index (χ4n) is 2.95. The van der Waals surface area contributed by atoms with E-state index in [2.05, 4.69) is 22.9 Å². The highest BCUT2D eigenvalue weighted by Crippen LogP contribution is 2.25. The van der Waals surface area contributed by atoms with Gasteiger partial charge in [0.25, 0.3) is 0 Å². The van der Waals surface area contributed by atoms with Gasteiger partial charge in [0.05, 0.1) is 0 Å². The molecule has 0 radical (unpaired) electrons. The van der Waals surface area contributed by atoms with E-state index in [1.54, 1.807) is 12.1 Å². The molecule has 0 amide bonds. The van der Waals surface area contributed by atoms with Crippen molar-refractivity contribution in [3.63, 3.8) is 0 Å². The third kappa shape index (κ3) is 3.67. The Hall–Kier alpha value is -2.01. The van der Waals surface area contributed by atoms with Crippen LogP contribution >= 0.6 is 0 Å². The molecule has 5 heteroatoms. The van der Waals surface area contributed by atoms with Crippen LogP contribution in [0.25, 0.3) is 11.4 Å². The van der Waals surface area contributed by atoms with Gasteiger partial charge in [0, 0.05) is 30.4 Å². The van der Waals surface area contributed by atoms with E-state index in [-0.39, 0.29) is 5.82 Å². The van der Waals surface area contributed by atoms with Crippen molar-refractivity contribution in [3.8, 4) is 11.4 Å². The summed E-state index contributed by atoms with van der Waals surface area (Å²) in [6.07, 6.45) is 3.06. The summed E-state index contributed by atoms with van der Waals surface area (Å²) in [5.74, 6) is 2.01. The molecular formula is C18H23FN4. The second kappa shape index (κ2) is 7.04. The zero-order valence-corrected chi connectivity index (χ0v) is 13.5. The van der Waals surface area contributed by atoms with Gasteiger partial charge < -0.3 is 10.6 Å². The fraction of sp³-hybridized carbons (Fsp3) is 0.444. The molecule has 0 unspecified atom stereocenters. The van der Waals surface area contributed by atoms with Crippen molar-refractivity contribution in [3.05, 3.63) is 41.8 Å². The van der Waals surface area contributed by atoms with E-state index in [1.165, 1.54) is 12.1 Å². The molecule has 1 aromatic carbocycles. The summed E-state index contributed by atoms with van der Waals surface area (Å²) in [5.41, 5.74) is 7.63. The first-order valence-electron chi connectivity index (χ1n) is 8.28. The van der Waals surface area contributed by atoms with Crippen molar-refractivity contribution < 1.29 is 4.39 Å². The van der Waals surface area contributed by atoms with Crippen LogP contribution in [0.4, 0.5) is 10.2 Å². The lowest BCUT2D eigenvalue weighted by molar-refractivity contribution is 0.413. The van der Waals surface area contributed by atoms with E-state index in [0.717, 1.165) is 56.0 Å². The number of hydrogen-bond acceptors (Lipinski definition) is 4. The van der Waals surface area contributed by atoms with Crippen molar-refractivity contribution in [2.45, 2.75) is 26.2 Å². The average molecular weight is 314 g/mol. The molecule has 4 nitrogen and oxygen atoms in total. The number of halogens is 1. The quantitative estimate of drug-likeness (QED) is 0.942. The number of benzene rings is 1. The highest BCUT2D eigenvalue weighted by molar-refractivity contribution is 5.58. The Balaban J connectivity index is 1.89. The van der Waals surface area contributed by atoms with Crippen LogP contribution < -0.4 is 10.6 Å². The number of nitrogens with two attached hydrogens (primary N) is 1. The van der Waals surface area contributed by atoms with E-state index < -0.39 is 0 Å². The normalized spacial score (nSPS) is 15.9. The standard InChI is InChI=1S/C18H23FN4/c1-2-16-11-17(23-9-7-13(12-20)8-10-23)22-18(21-16)14-3-5-15(19)6-4-14/h3-6,11,13H,2,7-10,12,20H2,1H3. The van der Waals surface area contributed by atoms with Crippen molar-refractivity contribution in [1.29, 1.82) is 0 Å². The van der Waals surface area contributed by atoms with Gasteiger partial charge in [-0.2, -0.15) is 0 Å². The summed E-state index contributed by atoms with van der Waals surface area (Å²) in [7, 11) is 0. The van der Waals surface area contributed by atoms with Crippen molar-refractivity contribution in [1.82, 2.24) is 9.97 Å². The van der Waals surface area contributed by atoms with Gasteiger partial charge in [0.1, 0.15) is 11.6 Å². The summed E-state index contributed by atoms with van der Waals surface area (Å²) >= 11 is 0. The number of rotatable bonds is 4. The Bertz CT molecular complexity index is 649. The van der Waals surface area contributed by atoms with Gasteiger partial charge >= 0.3 is 0 Å². The first-order valence-corrected chi connectivity index (χ1v) is 8.28. The lowest BCUT2D eigenvalue weighted by atomic mass is 9.97. The average Bonchev–Trinajstić information content (AvgIpc) is 2.62. The maximum atomic E-state index is 13.1. The predicted molar refractivity (Wildman–Crippen MR) is 90.8 cm³/mol. The monoisotopic (exact) mass is 314 g/mol. The third-order valence-corrected chi connectivity index (χ3v) is 4.50. The van der Waals surface area contributed by atoms with Gasteiger partial charge in [-0.3, -0.25) is 0 Å². The molecule has 1 aliphatic rings. The summed E-state index contributed by atoms with van der Waals surface area (Å²) in [5, 5.41) is 0. The van der Waals surface area contributed by atoms with Gasteiger partial charge in [-0.1, -0.05) is 6.92 Å². The molecule has 1 fully saturated rings. The molecule has 2 N–H and O–H groups in total. The van der Waals surface area contributed by atoms with E-state index in [0.29, 0.717) is 11.7 Å². The third-order valence-electron chi connectivity index (χ3n) is 4.50. The number of hydrogen-bond donors (Lipinski definition) is 1. The van der Waals surface area contributed by atoms with E-state index >= 15 is 0 Å². The largest absolute Gasteiger partial charge is 0.356 e.